The van der Waals surface area contributed by atoms with Crippen molar-refractivity contribution in [3.63, 3.8) is 0 Å². The first kappa shape index (κ1) is 53.6. The van der Waals surface area contributed by atoms with Gasteiger partial charge in [-0.1, -0.05) is 30.7 Å². The number of hydrogen-bond donors (Lipinski definition) is 1. The van der Waals surface area contributed by atoms with Crippen molar-refractivity contribution in [1.82, 2.24) is 29.9 Å². The van der Waals surface area contributed by atoms with Crippen molar-refractivity contribution in [3.05, 3.63) is 118 Å². The van der Waals surface area contributed by atoms with Crippen LogP contribution in [0.1, 0.15) is 135 Å². The van der Waals surface area contributed by atoms with Gasteiger partial charge in [-0.25, -0.2) is 19.9 Å². The summed E-state index contributed by atoms with van der Waals surface area (Å²) in [5, 5.41) is 10.0. The molecule has 9 nitrogen and oxygen atoms in total. The van der Waals surface area contributed by atoms with Crippen LogP contribution in [0.15, 0.2) is 61.2 Å². The fourth-order valence-corrected chi connectivity index (χ4v) is 7.04. The number of carbonyl (C=O) groups is 1. The molecule has 1 N–H and O–H groups in total. The van der Waals surface area contributed by atoms with Crippen molar-refractivity contribution in [2.24, 2.45) is 0 Å². The maximum absolute atomic E-state index is 12.4. The van der Waals surface area contributed by atoms with E-state index in [9.17, 15) is 36.2 Å². The first-order chi connectivity index (χ1) is 29.3. The third-order valence-electron chi connectivity index (χ3n) is 10.4. The van der Waals surface area contributed by atoms with Crippen LogP contribution in [0.25, 0.3) is 12.2 Å². The number of ketones is 1. The van der Waals surface area contributed by atoms with E-state index >= 15 is 0 Å². The molecule has 0 saturated carbocycles. The van der Waals surface area contributed by atoms with Gasteiger partial charge in [-0.3, -0.25) is 14.8 Å². The van der Waals surface area contributed by atoms with Crippen LogP contribution in [0, 0.1) is 0 Å². The van der Waals surface area contributed by atoms with Gasteiger partial charge in [0.1, 0.15) is 0 Å². The number of aliphatic hydroxyl groups is 1. The van der Waals surface area contributed by atoms with Crippen LogP contribution in [0.3, 0.4) is 0 Å². The first-order valence-electron chi connectivity index (χ1n) is 21.2. The summed E-state index contributed by atoms with van der Waals surface area (Å²) < 4.78 is 79.5. The van der Waals surface area contributed by atoms with Gasteiger partial charge in [-0.2, -0.15) is 26.3 Å². The maximum Gasteiger partial charge on any atom is 1.00 e. The third kappa shape index (κ3) is 19.5. The van der Waals surface area contributed by atoms with Crippen molar-refractivity contribution < 1.29 is 61.3 Å². The van der Waals surface area contributed by atoms with Crippen LogP contribution in [0.4, 0.5) is 26.3 Å². The van der Waals surface area contributed by atoms with Crippen LogP contribution in [0.2, 0.25) is 0 Å². The zero-order chi connectivity index (χ0) is 43.5. The molecule has 1 aliphatic heterocycles. The van der Waals surface area contributed by atoms with Gasteiger partial charge in [-0.15, -0.1) is 0 Å². The van der Waals surface area contributed by atoms with Crippen LogP contribution in [0.5, 0.6) is 0 Å². The average Bonchev–Trinajstić information content (AvgIpc) is 3.86. The largest absolute Gasteiger partial charge is 1.00 e. The van der Waals surface area contributed by atoms with Crippen LogP contribution >= 0.6 is 0 Å². The minimum atomic E-state index is -4.56. The summed E-state index contributed by atoms with van der Waals surface area (Å²) in [6, 6.07) is 8.55. The van der Waals surface area contributed by atoms with Gasteiger partial charge in [0.05, 0.1) is 6.10 Å². The SMILES string of the molecule is C1CCOC1.O=C(/C=C/c1cnc(C(F)(F)F)nc1)CCCCc1ccc2c(n1)CCCC2.OC(/C=C/c1cnc(C(F)(F)F)nc1)CCCCc1ccc2c(n1)CCCC2.[AlH3].[H-].[Li+]. The number of aryl methyl sites for hydroxylation is 6. The number of ether oxygens (including phenoxy) is 1. The molecule has 336 valence electrons. The summed E-state index contributed by atoms with van der Waals surface area (Å²) >= 11 is 0. The van der Waals surface area contributed by atoms with Crippen molar-refractivity contribution in [2.75, 3.05) is 13.2 Å². The number of hydrogen-bond acceptors (Lipinski definition) is 9. The number of unbranched alkanes of at least 4 members (excludes halogenated alkanes) is 2. The zero-order valence-electron chi connectivity index (χ0n) is 36.4. The average molecular weight is 891 g/mol. The number of aliphatic hydroxyl groups excluding tert-OH is 1. The Morgan fingerprint density at radius 3 is 1.59 bits per heavy atom. The van der Waals surface area contributed by atoms with Crippen LogP contribution < -0.4 is 18.9 Å². The van der Waals surface area contributed by atoms with Gasteiger partial charge in [-0.05, 0) is 138 Å². The van der Waals surface area contributed by atoms with E-state index in [1.165, 1.54) is 79.3 Å². The maximum atomic E-state index is 12.4. The standard InChI is InChI=1S/C21H24F3N3O.C21H22F3N3O.C4H8O.Al.Li.4H/c2*22-21(23,24)20-25-13-15(14-26-20)9-12-18(28)7-3-2-6-17-11-10-16-5-1-4-8-19(16)27-17;1-2-4-5-3-1;;;;;;/h9-14,18,28H,1-8H2;9-14H,1-8H2;1-4H2;;;;;;/q;;;;+1;;;;-1/b2*12-9+;;;;;;;. The second-order valence-electron chi connectivity index (χ2n) is 15.4. The third-order valence-corrected chi connectivity index (χ3v) is 10.4. The molecular weight excluding hydrogens is 832 g/mol. The Balaban J connectivity index is 0.000000379. The van der Waals surface area contributed by atoms with Crippen molar-refractivity contribution >= 4 is 35.3 Å². The summed E-state index contributed by atoms with van der Waals surface area (Å²) in [6.07, 6.45) is 18.4. The Morgan fingerprint density at radius 2 is 1.13 bits per heavy atom. The predicted molar refractivity (Wildman–Crippen MR) is 231 cm³/mol. The minimum Gasteiger partial charge on any atom is -1.00 e. The Bertz CT molecular complexity index is 2030. The Labute approximate surface area is 389 Å². The van der Waals surface area contributed by atoms with Gasteiger partial charge in [0, 0.05) is 78.3 Å². The van der Waals surface area contributed by atoms with E-state index in [4.69, 9.17) is 14.7 Å². The molecule has 1 atom stereocenters. The summed E-state index contributed by atoms with van der Waals surface area (Å²) in [5.41, 5.74) is 8.17. The molecule has 0 aromatic carbocycles. The van der Waals surface area contributed by atoms with E-state index in [-0.39, 0.29) is 43.4 Å². The number of aromatic nitrogens is 6. The van der Waals surface area contributed by atoms with Gasteiger partial charge >= 0.3 is 31.2 Å². The molecule has 5 heterocycles. The molecule has 0 bridgehead atoms. The fraction of sp³-hybridized carbons (Fsp3) is 0.500. The smallest absolute Gasteiger partial charge is 1.00 e. The van der Waals surface area contributed by atoms with Gasteiger partial charge in [0.25, 0.3) is 0 Å². The normalized spacial score (nSPS) is 15.2. The predicted octanol–water partition coefficient (Wildman–Crippen LogP) is 6.05. The molecule has 4 aromatic rings. The summed E-state index contributed by atoms with van der Waals surface area (Å²) in [6.45, 7) is 2.00. The number of pyridine rings is 2. The van der Waals surface area contributed by atoms with Gasteiger partial charge < -0.3 is 11.3 Å². The van der Waals surface area contributed by atoms with E-state index in [2.05, 4.69) is 44.2 Å². The molecule has 0 radical (unpaired) electrons. The number of nitrogens with zero attached hydrogens (tertiary/aromatic N) is 6. The van der Waals surface area contributed by atoms with E-state index in [1.54, 1.807) is 6.08 Å². The van der Waals surface area contributed by atoms with E-state index < -0.39 is 30.1 Å². The first-order valence-corrected chi connectivity index (χ1v) is 21.2. The Hall–Kier alpha value is -3.76. The van der Waals surface area contributed by atoms with Crippen molar-refractivity contribution in [3.8, 4) is 0 Å². The van der Waals surface area contributed by atoms with E-state index in [0.717, 1.165) is 114 Å². The number of fused-ring (bicyclic) bond motifs is 2. The minimum absolute atomic E-state index is 0. The quantitative estimate of drug-likeness (QED) is 0.0698. The number of carbonyl (C=O) groups excluding carboxylic acids is 1. The van der Waals surface area contributed by atoms with E-state index in [1.807, 2.05) is 0 Å². The summed E-state index contributed by atoms with van der Waals surface area (Å²) in [5.74, 6) is -2.42. The molecule has 3 aliphatic rings. The summed E-state index contributed by atoms with van der Waals surface area (Å²) in [7, 11) is 0. The second-order valence-corrected chi connectivity index (χ2v) is 15.4. The molecular formula is C46H58AlF6LiN6O3. The van der Waals surface area contributed by atoms with Crippen LogP contribution in [-0.2, 0) is 60.4 Å². The number of allylic oxidation sites excluding steroid dienone is 1. The van der Waals surface area contributed by atoms with Crippen LogP contribution in [-0.4, -0.2) is 77.5 Å². The number of halogens is 6. The molecule has 1 saturated heterocycles. The molecule has 0 amide bonds. The van der Waals surface area contributed by atoms with Gasteiger partial charge in [0.2, 0.25) is 11.6 Å². The monoisotopic (exact) mass is 890 g/mol. The molecule has 63 heavy (non-hydrogen) atoms. The molecule has 4 aromatic heterocycles. The van der Waals surface area contributed by atoms with E-state index in [0.29, 0.717) is 24.0 Å². The molecule has 0 spiro atoms. The molecule has 2 aliphatic carbocycles. The molecule has 1 fully saturated rings. The summed E-state index contributed by atoms with van der Waals surface area (Å²) in [4.78, 5) is 34.5. The van der Waals surface area contributed by atoms with Crippen molar-refractivity contribution in [1.29, 1.82) is 0 Å². The molecule has 7 rings (SSSR count). The molecule has 17 heteroatoms. The van der Waals surface area contributed by atoms with Gasteiger partial charge in [0.15, 0.2) is 23.1 Å². The second kappa shape index (κ2) is 27.5. The fourth-order valence-electron chi connectivity index (χ4n) is 7.04. The molecule has 1 unspecified atom stereocenters. The Kier molecular flexibility index (Phi) is 23.4. The van der Waals surface area contributed by atoms with Crippen molar-refractivity contribution in [2.45, 2.75) is 134 Å². The number of alkyl halides is 6. The number of rotatable bonds is 14. The topological polar surface area (TPSA) is 124 Å². The Morgan fingerprint density at radius 1 is 0.667 bits per heavy atom. The zero-order valence-corrected chi connectivity index (χ0v) is 35.4.